The number of hydrogen-bond donors (Lipinski definition) is 1. The Labute approximate surface area is 141 Å². The number of ether oxygens (including phenoxy) is 1. The van der Waals surface area contributed by atoms with Gasteiger partial charge in [0.15, 0.2) is 3.77 Å². The molecule has 0 bridgehead atoms. The monoisotopic (exact) mass is 407 g/mol. The number of nitrogens with one attached hydrogen (secondary N) is 1. The van der Waals surface area contributed by atoms with E-state index in [2.05, 4.69) is 27.9 Å². The van der Waals surface area contributed by atoms with Gasteiger partial charge in [-0.3, -0.25) is 5.32 Å². The van der Waals surface area contributed by atoms with Crippen LogP contribution in [0.25, 0.3) is 11.0 Å². The fourth-order valence-electron chi connectivity index (χ4n) is 2.22. The van der Waals surface area contributed by atoms with Crippen LogP contribution in [0.1, 0.15) is 18.6 Å². The Balaban J connectivity index is 1.75. The van der Waals surface area contributed by atoms with Crippen LogP contribution in [0.5, 0.6) is 0 Å². The van der Waals surface area contributed by atoms with Gasteiger partial charge in [0.25, 0.3) is 0 Å². The number of para-hydroxylation sites is 1. The molecule has 1 amide bonds. The van der Waals surface area contributed by atoms with E-state index in [1.807, 2.05) is 61.5 Å². The van der Waals surface area contributed by atoms with E-state index in [0.29, 0.717) is 9.45 Å². The van der Waals surface area contributed by atoms with Gasteiger partial charge in [0.05, 0.1) is 0 Å². The van der Waals surface area contributed by atoms with Crippen molar-refractivity contribution in [1.82, 2.24) is 0 Å². The number of anilines is 1. The molecule has 0 aliphatic rings. The predicted molar refractivity (Wildman–Crippen MR) is 93.9 cm³/mol. The fourth-order valence-corrected chi connectivity index (χ4v) is 2.88. The summed E-state index contributed by atoms with van der Waals surface area (Å²) in [7, 11) is 0. The zero-order chi connectivity index (χ0) is 15.5. The van der Waals surface area contributed by atoms with Crippen LogP contribution < -0.4 is 5.32 Å². The average Bonchev–Trinajstić information content (AvgIpc) is 2.84. The Hall–Kier alpha value is -2.02. The Morgan fingerprint density at radius 3 is 2.59 bits per heavy atom. The summed E-state index contributed by atoms with van der Waals surface area (Å²) in [5.74, 6) is 0. The van der Waals surface area contributed by atoms with Gasteiger partial charge in [0.1, 0.15) is 17.4 Å². The largest absolute Gasteiger partial charge is 0.448 e. The van der Waals surface area contributed by atoms with Crippen LogP contribution in [0, 0.1) is 3.77 Å². The van der Waals surface area contributed by atoms with Crippen LogP contribution >= 0.6 is 22.6 Å². The molecule has 0 spiro atoms. The second-order valence-electron chi connectivity index (χ2n) is 4.83. The van der Waals surface area contributed by atoms with Gasteiger partial charge in [-0.15, -0.1) is 0 Å². The number of carbonyl (C=O) groups excluding carboxylic acids is 1. The zero-order valence-corrected chi connectivity index (χ0v) is 14.0. The molecule has 1 aromatic heterocycles. The van der Waals surface area contributed by atoms with Crippen molar-refractivity contribution in [2.75, 3.05) is 5.32 Å². The van der Waals surface area contributed by atoms with Crippen LogP contribution in [0.3, 0.4) is 0 Å². The van der Waals surface area contributed by atoms with E-state index < -0.39 is 6.09 Å². The second-order valence-corrected chi connectivity index (χ2v) is 5.81. The highest BCUT2D eigenvalue weighted by atomic mass is 127. The molecule has 1 atom stereocenters. The van der Waals surface area contributed by atoms with Gasteiger partial charge in [-0.25, -0.2) is 4.79 Å². The Bertz CT molecular complexity index is 798. The van der Waals surface area contributed by atoms with Crippen molar-refractivity contribution in [3.8, 4) is 0 Å². The van der Waals surface area contributed by atoms with Crippen molar-refractivity contribution in [3.05, 3.63) is 63.9 Å². The lowest BCUT2D eigenvalue weighted by atomic mass is 10.1. The summed E-state index contributed by atoms with van der Waals surface area (Å²) >= 11 is 2.06. The van der Waals surface area contributed by atoms with Gasteiger partial charge in [0, 0.05) is 28.0 Å². The van der Waals surface area contributed by atoms with Crippen LogP contribution in [-0.2, 0) is 4.74 Å². The molecule has 5 heteroatoms. The first-order valence-electron chi connectivity index (χ1n) is 6.85. The summed E-state index contributed by atoms with van der Waals surface area (Å²) in [6.45, 7) is 1.84. The lowest BCUT2D eigenvalue weighted by molar-refractivity contribution is 0.121. The maximum absolute atomic E-state index is 12.1. The molecule has 3 rings (SSSR count). The molecule has 0 saturated heterocycles. The number of hydrogen-bond acceptors (Lipinski definition) is 3. The van der Waals surface area contributed by atoms with E-state index in [-0.39, 0.29) is 6.10 Å². The van der Waals surface area contributed by atoms with Gasteiger partial charge in [-0.1, -0.05) is 42.5 Å². The van der Waals surface area contributed by atoms with E-state index in [1.165, 1.54) is 0 Å². The quantitative estimate of drug-likeness (QED) is 0.596. The normalized spacial score (nSPS) is 12.1. The van der Waals surface area contributed by atoms with Gasteiger partial charge in [-0.2, -0.15) is 0 Å². The van der Waals surface area contributed by atoms with E-state index in [1.54, 1.807) is 0 Å². The molecular weight excluding hydrogens is 393 g/mol. The minimum Gasteiger partial charge on any atom is -0.448 e. The van der Waals surface area contributed by atoms with Crippen LogP contribution in [0.4, 0.5) is 10.5 Å². The van der Waals surface area contributed by atoms with Crippen molar-refractivity contribution in [1.29, 1.82) is 0 Å². The van der Waals surface area contributed by atoms with Crippen molar-refractivity contribution < 1.29 is 13.9 Å². The van der Waals surface area contributed by atoms with Crippen molar-refractivity contribution >= 4 is 45.3 Å². The summed E-state index contributed by atoms with van der Waals surface area (Å²) in [6, 6.07) is 17.2. The lowest BCUT2D eigenvalue weighted by Gasteiger charge is -2.13. The smallest absolute Gasteiger partial charge is 0.412 e. The molecule has 112 valence electrons. The molecule has 0 fully saturated rings. The molecule has 0 aliphatic carbocycles. The molecule has 1 N–H and O–H groups in total. The van der Waals surface area contributed by atoms with Crippen molar-refractivity contribution in [2.45, 2.75) is 13.0 Å². The third-order valence-electron chi connectivity index (χ3n) is 3.33. The Morgan fingerprint density at radius 1 is 1.14 bits per heavy atom. The molecule has 3 aromatic rings. The minimum atomic E-state index is -0.499. The average molecular weight is 407 g/mol. The first-order chi connectivity index (χ1) is 10.6. The second kappa shape index (κ2) is 6.39. The van der Waals surface area contributed by atoms with Gasteiger partial charge >= 0.3 is 6.09 Å². The third-order valence-corrected chi connectivity index (χ3v) is 4.09. The number of rotatable bonds is 3. The number of furan rings is 1. The maximum atomic E-state index is 12.1. The highest BCUT2D eigenvalue weighted by Gasteiger charge is 2.17. The van der Waals surface area contributed by atoms with Crippen LogP contribution in [0.2, 0.25) is 0 Å². The minimum absolute atomic E-state index is 0.322. The summed E-state index contributed by atoms with van der Waals surface area (Å²) < 4.78 is 11.7. The number of fused-ring (bicyclic) bond motifs is 1. The molecule has 22 heavy (non-hydrogen) atoms. The molecule has 4 nitrogen and oxygen atoms in total. The van der Waals surface area contributed by atoms with Gasteiger partial charge in [0.2, 0.25) is 0 Å². The third kappa shape index (κ3) is 3.09. The first kappa shape index (κ1) is 14.9. The highest BCUT2D eigenvalue weighted by molar-refractivity contribution is 14.1. The maximum Gasteiger partial charge on any atom is 0.412 e. The van der Waals surface area contributed by atoms with Crippen molar-refractivity contribution in [2.24, 2.45) is 0 Å². The SMILES string of the molecule is C[C@@H](OC(=O)Nc1c(I)oc2ccccc12)c1ccccc1. The van der Waals surface area contributed by atoms with E-state index >= 15 is 0 Å². The topological polar surface area (TPSA) is 51.5 Å². The molecule has 1 heterocycles. The summed E-state index contributed by atoms with van der Waals surface area (Å²) in [4.78, 5) is 12.1. The van der Waals surface area contributed by atoms with Gasteiger partial charge < -0.3 is 9.15 Å². The van der Waals surface area contributed by atoms with Crippen molar-refractivity contribution in [3.63, 3.8) is 0 Å². The van der Waals surface area contributed by atoms with Gasteiger partial charge in [-0.05, 0) is 24.6 Å². The predicted octanol–water partition coefficient (Wildman–Crippen LogP) is 5.35. The fraction of sp³-hybridized carbons (Fsp3) is 0.118. The number of halogens is 1. The standard InChI is InChI=1S/C17H14INO3/c1-11(12-7-3-2-4-8-12)21-17(20)19-15-13-9-5-6-10-14(13)22-16(15)18/h2-11H,1H3,(H,19,20)/t11-/m1/s1. The molecule has 0 radical (unpaired) electrons. The van der Waals surface area contributed by atoms with Crippen LogP contribution in [-0.4, -0.2) is 6.09 Å². The molecule has 0 unspecified atom stereocenters. The molecule has 0 saturated carbocycles. The van der Waals surface area contributed by atoms with E-state index in [0.717, 1.165) is 16.5 Å². The highest BCUT2D eigenvalue weighted by Crippen LogP contribution is 2.32. The molecule has 2 aromatic carbocycles. The number of amides is 1. The Kier molecular flexibility index (Phi) is 4.33. The summed E-state index contributed by atoms with van der Waals surface area (Å²) in [5.41, 5.74) is 2.32. The van der Waals surface area contributed by atoms with E-state index in [9.17, 15) is 4.79 Å². The summed E-state index contributed by atoms with van der Waals surface area (Å²) in [5, 5.41) is 3.63. The Morgan fingerprint density at radius 2 is 1.82 bits per heavy atom. The molecular formula is C17H14INO3. The zero-order valence-electron chi connectivity index (χ0n) is 11.9. The number of benzene rings is 2. The van der Waals surface area contributed by atoms with E-state index in [4.69, 9.17) is 9.15 Å². The lowest BCUT2D eigenvalue weighted by Crippen LogP contribution is -2.16. The van der Waals surface area contributed by atoms with Crippen LogP contribution in [0.15, 0.2) is 59.0 Å². The number of carbonyl (C=O) groups is 1. The summed E-state index contributed by atoms with van der Waals surface area (Å²) in [6.07, 6.45) is -0.821. The first-order valence-corrected chi connectivity index (χ1v) is 7.92. The molecule has 0 aliphatic heterocycles.